The van der Waals surface area contributed by atoms with Crippen LogP contribution in [0.15, 0.2) is 0 Å². The summed E-state index contributed by atoms with van der Waals surface area (Å²) in [6.45, 7) is 2.48. The summed E-state index contributed by atoms with van der Waals surface area (Å²) < 4.78 is 5.36. The van der Waals surface area contributed by atoms with Crippen molar-refractivity contribution in [2.45, 2.75) is 57.2 Å². The van der Waals surface area contributed by atoms with Crippen LogP contribution >= 0.6 is 0 Å². The van der Waals surface area contributed by atoms with E-state index in [1.54, 1.807) is 0 Å². The Morgan fingerprint density at radius 3 is 2.62 bits per heavy atom. The molecule has 1 fully saturated rings. The third kappa shape index (κ3) is 6.94. The van der Waals surface area contributed by atoms with Crippen LogP contribution in [0.1, 0.15) is 39.0 Å². The first-order valence-corrected chi connectivity index (χ1v) is 7.01. The topological polar surface area (TPSA) is 125 Å². The molecule has 0 spiro atoms. The Labute approximate surface area is 122 Å². The number of hydrogen-bond acceptors (Lipinski definition) is 4. The van der Waals surface area contributed by atoms with Gasteiger partial charge in [-0.3, -0.25) is 4.79 Å². The molecule has 2 unspecified atom stereocenters. The number of urea groups is 1. The van der Waals surface area contributed by atoms with Crippen LogP contribution in [0, 0.1) is 0 Å². The maximum atomic E-state index is 11.8. The summed E-state index contributed by atoms with van der Waals surface area (Å²) in [4.78, 5) is 33.2. The van der Waals surface area contributed by atoms with Gasteiger partial charge in [-0.1, -0.05) is 0 Å². The number of amides is 2. The van der Waals surface area contributed by atoms with Crippen LogP contribution in [-0.4, -0.2) is 53.0 Å². The summed E-state index contributed by atoms with van der Waals surface area (Å²) in [5, 5.41) is 22.6. The van der Waals surface area contributed by atoms with E-state index >= 15 is 0 Å². The molecule has 1 rings (SSSR count). The van der Waals surface area contributed by atoms with E-state index in [9.17, 15) is 14.4 Å². The predicted octanol–water partition coefficient (Wildman–Crippen LogP) is 0.561. The van der Waals surface area contributed by atoms with Crippen molar-refractivity contribution in [2.75, 3.05) is 6.61 Å². The first kappa shape index (κ1) is 17.2. The van der Waals surface area contributed by atoms with E-state index in [1.807, 2.05) is 6.92 Å². The minimum absolute atomic E-state index is 0.0396. The molecule has 1 aliphatic rings. The zero-order chi connectivity index (χ0) is 15.8. The largest absolute Gasteiger partial charge is 0.481 e. The minimum atomic E-state index is -1.17. The zero-order valence-corrected chi connectivity index (χ0v) is 12.0. The van der Waals surface area contributed by atoms with Gasteiger partial charge in [-0.2, -0.15) is 0 Å². The number of aliphatic carboxylic acids is 2. The Morgan fingerprint density at radius 2 is 2.05 bits per heavy atom. The second-order valence-corrected chi connectivity index (χ2v) is 5.20. The Bertz CT molecular complexity index is 387. The van der Waals surface area contributed by atoms with Crippen molar-refractivity contribution < 1.29 is 29.3 Å². The normalized spacial score (nSPS) is 23.1. The summed E-state index contributed by atoms with van der Waals surface area (Å²) in [6.07, 6.45) is 1.60. The second kappa shape index (κ2) is 8.46. The third-order valence-electron chi connectivity index (χ3n) is 3.31. The molecule has 0 bridgehead atoms. The van der Waals surface area contributed by atoms with Crippen LogP contribution < -0.4 is 10.6 Å². The summed E-state index contributed by atoms with van der Waals surface area (Å²) >= 11 is 0. The first-order chi connectivity index (χ1) is 9.88. The lowest BCUT2D eigenvalue weighted by Crippen LogP contribution is -2.50. The third-order valence-corrected chi connectivity index (χ3v) is 3.31. The molecule has 21 heavy (non-hydrogen) atoms. The van der Waals surface area contributed by atoms with Gasteiger partial charge in [0.25, 0.3) is 0 Å². The van der Waals surface area contributed by atoms with Gasteiger partial charge in [0.05, 0.1) is 6.10 Å². The van der Waals surface area contributed by atoms with E-state index in [0.717, 1.165) is 0 Å². The standard InChI is InChI=1S/C13H22N2O6/c1-8-7-9(5-6-21-8)14-13(20)15-10(12(18)19)3-2-4-11(16)17/h8-10H,2-7H2,1H3,(H,16,17)(H,18,19)(H2,14,15,20)/t8?,9?,10-/m1/s1. The monoisotopic (exact) mass is 302 g/mol. The molecule has 120 valence electrons. The fourth-order valence-corrected chi connectivity index (χ4v) is 2.23. The molecule has 8 nitrogen and oxygen atoms in total. The van der Waals surface area contributed by atoms with Crippen molar-refractivity contribution in [3.63, 3.8) is 0 Å². The van der Waals surface area contributed by atoms with Crippen molar-refractivity contribution >= 4 is 18.0 Å². The molecule has 0 aromatic rings. The van der Waals surface area contributed by atoms with Crippen LogP contribution in [0.25, 0.3) is 0 Å². The first-order valence-electron chi connectivity index (χ1n) is 7.01. The lowest BCUT2D eigenvalue weighted by atomic mass is 10.0. The van der Waals surface area contributed by atoms with Gasteiger partial charge in [-0.25, -0.2) is 9.59 Å². The van der Waals surface area contributed by atoms with Gasteiger partial charge < -0.3 is 25.6 Å². The number of nitrogens with one attached hydrogen (secondary N) is 2. The Hall–Kier alpha value is -1.83. The van der Waals surface area contributed by atoms with Gasteiger partial charge in [-0.05, 0) is 32.6 Å². The van der Waals surface area contributed by atoms with Crippen LogP contribution in [0.5, 0.6) is 0 Å². The highest BCUT2D eigenvalue weighted by molar-refractivity contribution is 5.82. The summed E-state index contributed by atoms with van der Waals surface area (Å²) in [5.41, 5.74) is 0. The van der Waals surface area contributed by atoms with E-state index in [0.29, 0.717) is 19.4 Å². The number of carbonyl (C=O) groups is 3. The molecule has 2 amide bonds. The fourth-order valence-electron chi connectivity index (χ4n) is 2.23. The number of ether oxygens (including phenoxy) is 1. The molecule has 0 radical (unpaired) electrons. The average molecular weight is 302 g/mol. The SMILES string of the molecule is CC1CC(NC(=O)N[C@H](CCCC(=O)O)C(=O)O)CCO1. The molecule has 8 heteroatoms. The highest BCUT2D eigenvalue weighted by atomic mass is 16.5. The van der Waals surface area contributed by atoms with Gasteiger partial charge in [0.15, 0.2) is 0 Å². The minimum Gasteiger partial charge on any atom is -0.481 e. The molecule has 0 aromatic carbocycles. The Kier molecular flexibility index (Phi) is 6.93. The van der Waals surface area contributed by atoms with E-state index in [2.05, 4.69) is 10.6 Å². The van der Waals surface area contributed by atoms with Gasteiger partial charge in [-0.15, -0.1) is 0 Å². The molecule has 0 aliphatic carbocycles. The van der Waals surface area contributed by atoms with Crippen molar-refractivity contribution in [1.29, 1.82) is 0 Å². The van der Waals surface area contributed by atoms with E-state index in [4.69, 9.17) is 14.9 Å². The van der Waals surface area contributed by atoms with Crippen LogP contribution in [-0.2, 0) is 14.3 Å². The van der Waals surface area contributed by atoms with Gasteiger partial charge >= 0.3 is 18.0 Å². The van der Waals surface area contributed by atoms with Crippen molar-refractivity contribution in [2.24, 2.45) is 0 Å². The van der Waals surface area contributed by atoms with E-state index < -0.39 is 24.0 Å². The van der Waals surface area contributed by atoms with Gasteiger partial charge in [0, 0.05) is 19.1 Å². The molecule has 0 aromatic heterocycles. The average Bonchev–Trinajstić information content (AvgIpc) is 2.36. The van der Waals surface area contributed by atoms with Crippen molar-refractivity contribution in [3.05, 3.63) is 0 Å². The van der Waals surface area contributed by atoms with Crippen LogP contribution in [0.2, 0.25) is 0 Å². The fraction of sp³-hybridized carbons (Fsp3) is 0.769. The van der Waals surface area contributed by atoms with Gasteiger partial charge in [0.1, 0.15) is 6.04 Å². The summed E-state index contributed by atoms with van der Waals surface area (Å²) in [5.74, 6) is -2.16. The second-order valence-electron chi connectivity index (χ2n) is 5.20. The van der Waals surface area contributed by atoms with E-state index in [1.165, 1.54) is 0 Å². The lowest BCUT2D eigenvalue weighted by Gasteiger charge is -2.28. The molecule has 1 saturated heterocycles. The quantitative estimate of drug-likeness (QED) is 0.544. The van der Waals surface area contributed by atoms with Crippen molar-refractivity contribution in [3.8, 4) is 0 Å². The Balaban J connectivity index is 2.37. The molecule has 1 heterocycles. The number of hydrogen-bond donors (Lipinski definition) is 4. The number of carbonyl (C=O) groups excluding carboxylic acids is 1. The van der Waals surface area contributed by atoms with E-state index in [-0.39, 0.29) is 31.4 Å². The van der Waals surface area contributed by atoms with Crippen LogP contribution in [0.3, 0.4) is 0 Å². The molecule has 4 N–H and O–H groups in total. The molecule has 1 aliphatic heterocycles. The number of carboxylic acid groups (broad SMARTS) is 2. The predicted molar refractivity (Wildman–Crippen MR) is 73.0 cm³/mol. The highest BCUT2D eigenvalue weighted by Gasteiger charge is 2.24. The number of carboxylic acids is 2. The van der Waals surface area contributed by atoms with Crippen molar-refractivity contribution in [1.82, 2.24) is 10.6 Å². The Morgan fingerprint density at radius 1 is 1.33 bits per heavy atom. The summed E-state index contributed by atoms with van der Waals surface area (Å²) in [6, 6.07) is -1.67. The molecule has 3 atom stereocenters. The zero-order valence-electron chi connectivity index (χ0n) is 12.0. The molecular formula is C13H22N2O6. The molecule has 0 saturated carbocycles. The number of rotatable bonds is 7. The maximum absolute atomic E-state index is 11.8. The lowest BCUT2D eigenvalue weighted by molar-refractivity contribution is -0.140. The highest BCUT2D eigenvalue weighted by Crippen LogP contribution is 2.13. The summed E-state index contributed by atoms with van der Waals surface area (Å²) in [7, 11) is 0. The maximum Gasteiger partial charge on any atom is 0.326 e. The van der Waals surface area contributed by atoms with Gasteiger partial charge in [0.2, 0.25) is 0 Å². The smallest absolute Gasteiger partial charge is 0.326 e. The molecular weight excluding hydrogens is 280 g/mol. The van der Waals surface area contributed by atoms with Crippen LogP contribution in [0.4, 0.5) is 4.79 Å².